The van der Waals surface area contributed by atoms with Gasteiger partial charge in [-0.25, -0.2) is 0 Å². The van der Waals surface area contributed by atoms with Crippen molar-refractivity contribution in [2.75, 3.05) is 5.32 Å². The third-order valence-electron chi connectivity index (χ3n) is 3.21. The second-order valence-electron chi connectivity index (χ2n) is 4.76. The lowest BCUT2D eigenvalue weighted by molar-refractivity contribution is -0.116. The number of hydrogen-bond donors (Lipinski definition) is 1. The average molecular weight is 343 g/mol. The molecule has 0 atom stereocenters. The first kappa shape index (κ1) is 13.7. The van der Waals surface area contributed by atoms with Crippen LogP contribution in [0.5, 0.6) is 11.5 Å². The Morgan fingerprint density at radius 3 is 2.81 bits per heavy atom. The Balaban J connectivity index is 1.87. The minimum atomic E-state index is 0.0434. The summed E-state index contributed by atoms with van der Waals surface area (Å²) in [5, 5.41) is 11.8. The van der Waals surface area contributed by atoms with Crippen molar-refractivity contribution in [3.05, 3.63) is 52.0 Å². The minimum Gasteiger partial charge on any atom is -0.457 e. The van der Waals surface area contributed by atoms with Crippen molar-refractivity contribution in [3.63, 3.8) is 0 Å². The predicted molar refractivity (Wildman–Crippen MR) is 82.3 cm³/mol. The van der Waals surface area contributed by atoms with Gasteiger partial charge < -0.3 is 10.1 Å². The number of aryl methyl sites for hydroxylation is 1. The molecule has 0 unspecified atom stereocenters. The molecule has 2 aromatic rings. The van der Waals surface area contributed by atoms with E-state index in [1.165, 1.54) is 0 Å². The molecule has 0 bridgehead atoms. The number of anilines is 1. The van der Waals surface area contributed by atoms with Gasteiger partial charge in [0, 0.05) is 16.6 Å². The number of nitriles is 1. The fourth-order valence-electron chi connectivity index (χ4n) is 2.25. The van der Waals surface area contributed by atoms with E-state index in [4.69, 9.17) is 10.00 Å². The SMILES string of the molecule is N#Cc1cc(Br)cc(Oc2ccc3c(c2)CCC(=O)N3)c1. The Morgan fingerprint density at radius 2 is 2.00 bits per heavy atom. The minimum absolute atomic E-state index is 0.0434. The standard InChI is InChI=1S/C16H11BrN2O2/c17-12-5-10(9-18)6-14(8-12)21-13-2-3-15-11(7-13)1-4-16(20)19-15/h2-3,5-8H,1,4H2,(H,19,20). The Morgan fingerprint density at radius 1 is 1.14 bits per heavy atom. The number of ether oxygens (including phenoxy) is 1. The summed E-state index contributed by atoms with van der Waals surface area (Å²) in [7, 11) is 0. The van der Waals surface area contributed by atoms with Gasteiger partial charge in [-0.15, -0.1) is 0 Å². The summed E-state index contributed by atoms with van der Waals surface area (Å²) >= 11 is 3.36. The monoisotopic (exact) mass is 342 g/mol. The Bertz CT molecular complexity index is 765. The lowest BCUT2D eigenvalue weighted by Crippen LogP contribution is -2.18. The van der Waals surface area contributed by atoms with Crippen LogP contribution in [0.4, 0.5) is 5.69 Å². The molecule has 1 heterocycles. The molecular formula is C16H11BrN2O2. The van der Waals surface area contributed by atoms with E-state index in [0.29, 0.717) is 29.9 Å². The van der Waals surface area contributed by atoms with Gasteiger partial charge in [0.25, 0.3) is 0 Å². The third-order valence-corrected chi connectivity index (χ3v) is 3.67. The van der Waals surface area contributed by atoms with Crippen molar-refractivity contribution in [2.45, 2.75) is 12.8 Å². The first-order valence-electron chi connectivity index (χ1n) is 6.45. The molecule has 1 aliphatic heterocycles. The quantitative estimate of drug-likeness (QED) is 0.897. The van der Waals surface area contributed by atoms with Gasteiger partial charge in [-0.2, -0.15) is 5.26 Å². The maximum Gasteiger partial charge on any atom is 0.224 e. The zero-order valence-corrected chi connectivity index (χ0v) is 12.6. The van der Waals surface area contributed by atoms with Crippen LogP contribution in [0.15, 0.2) is 40.9 Å². The fourth-order valence-corrected chi connectivity index (χ4v) is 2.72. The number of benzene rings is 2. The van der Waals surface area contributed by atoms with Gasteiger partial charge >= 0.3 is 0 Å². The molecule has 0 spiro atoms. The zero-order valence-electron chi connectivity index (χ0n) is 11.0. The van der Waals surface area contributed by atoms with E-state index in [0.717, 1.165) is 15.7 Å². The van der Waals surface area contributed by atoms with Crippen molar-refractivity contribution in [1.82, 2.24) is 0 Å². The highest BCUT2D eigenvalue weighted by atomic mass is 79.9. The molecule has 0 aliphatic carbocycles. The number of carbonyl (C=O) groups is 1. The van der Waals surface area contributed by atoms with Crippen LogP contribution < -0.4 is 10.1 Å². The molecule has 1 amide bonds. The lowest BCUT2D eigenvalue weighted by atomic mass is 10.0. The summed E-state index contributed by atoms with van der Waals surface area (Å²) in [5.41, 5.74) is 2.43. The van der Waals surface area contributed by atoms with Crippen LogP contribution in [0.1, 0.15) is 17.5 Å². The lowest BCUT2D eigenvalue weighted by Gasteiger charge is -2.17. The molecule has 3 rings (SSSR count). The molecule has 1 N–H and O–H groups in total. The smallest absolute Gasteiger partial charge is 0.224 e. The highest BCUT2D eigenvalue weighted by Gasteiger charge is 2.15. The Hall–Kier alpha value is -2.32. The fraction of sp³-hybridized carbons (Fsp3) is 0.125. The molecule has 1 aliphatic rings. The maximum atomic E-state index is 11.3. The summed E-state index contributed by atoms with van der Waals surface area (Å²) in [4.78, 5) is 11.3. The van der Waals surface area contributed by atoms with Gasteiger partial charge in [0.05, 0.1) is 11.6 Å². The second-order valence-corrected chi connectivity index (χ2v) is 5.67. The molecular weight excluding hydrogens is 332 g/mol. The van der Waals surface area contributed by atoms with Gasteiger partial charge in [0.1, 0.15) is 11.5 Å². The highest BCUT2D eigenvalue weighted by molar-refractivity contribution is 9.10. The largest absolute Gasteiger partial charge is 0.457 e. The zero-order chi connectivity index (χ0) is 14.8. The predicted octanol–water partition coefficient (Wildman–Crippen LogP) is 4.00. The molecule has 0 saturated heterocycles. The van der Waals surface area contributed by atoms with E-state index in [1.54, 1.807) is 18.2 Å². The van der Waals surface area contributed by atoms with Crippen LogP contribution in [-0.4, -0.2) is 5.91 Å². The van der Waals surface area contributed by atoms with Crippen molar-refractivity contribution in [1.29, 1.82) is 5.26 Å². The first-order chi connectivity index (χ1) is 10.1. The number of carbonyl (C=O) groups excluding carboxylic acids is 1. The van der Waals surface area contributed by atoms with Crippen LogP contribution in [0.3, 0.4) is 0 Å². The number of nitrogens with zero attached hydrogens (tertiary/aromatic N) is 1. The second kappa shape index (κ2) is 5.58. The first-order valence-corrected chi connectivity index (χ1v) is 7.25. The van der Waals surface area contributed by atoms with Crippen LogP contribution in [0.25, 0.3) is 0 Å². The van der Waals surface area contributed by atoms with Crippen molar-refractivity contribution in [3.8, 4) is 17.6 Å². The third kappa shape index (κ3) is 3.06. The van der Waals surface area contributed by atoms with E-state index in [9.17, 15) is 4.79 Å². The molecule has 2 aromatic carbocycles. The highest BCUT2D eigenvalue weighted by Crippen LogP contribution is 2.31. The molecule has 4 nitrogen and oxygen atoms in total. The van der Waals surface area contributed by atoms with Crippen LogP contribution >= 0.6 is 15.9 Å². The molecule has 104 valence electrons. The maximum absolute atomic E-state index is 11.3. The number of amides is 1. The van der Waals surface area contributed by atoms with E-state index < -0.39 is 0 Å². The molecule has 21 heavy (non-hydrogen) atoms. The summed E-state index contributed by atoms with van der Waals surface area (Å²) in [5.74, 6) is 1.33. The number of fused-ring (bicyclic) bond motifs is 1. The van der Waals surface area contributed by atoms with Gasteiger partial charge in [0.2, 0.25) is 5.91 Å². The van der Waals surface area contributed by atoms with Gasteiger partial charge in [-0.1, -0.05) is 15.9 Å². The molecule has 0 saturated carbocycles. The normalized spacial score (nSPS) is 13.0. The van der Waals surface area contributed by atoms with E-state index in [1.807, 2.05) is 18.2 Å². The Kier molecular flexibility index (Phi) is 3.63. The summed E-state index contributed by atoms with van der Waals surface area (Å²) in [6, 6.07) is 12.9. The number of halogens is 1. The number of nitrogens with one attached hydrogen (secondary N) is 1. The van der Waals surface area contributed by atoms with E-state index in [2.05, 4.69) is 27.3 Å². The van der Waals surface area contributed by atoms with Crippen molar-refractivity contribution >= 4 is 27.5 Å². The molecule has 0 fully saturated rings. The average Bonchev–Trinajstić information content (AvgIpc) is 2.47. The van der Waals surface area contributed by atoms with E-state index in [-0.39, 0.29) is 5.91 Å². The summed E-state index contributed by atoms with van der Waals surface area (Å²) < 4.78 is 6.59. The summed E-state index contributed by atoms with van der Waals surface area (Å²) in [6.07, 6.45) is 1.20. The van der Waals surface area contributed by atoms with Crippen LogP contribution in [-0.2, 0) is 11.2 Å². The number of hydrogen-bond acceptors (Lipinski definition) is 3. The van der Waals surface area contributed by atoms with Crippen molar-refractivity contribution < 1.29 is 9.53 Å². The number of rotatable bonds is 2. The van der Waals surface area contributed by atoms with E-state index >= 15 is 0 Å². The van der Waals surface area contributed by atoms with Gasteiger partial charge in [-0.3, -0.25) is 4.79 Å². The van der Waals surface area contributed by atoms with Crippen molar-refractivity contribution in [2.24, 2.45) is 0 Å². The molecule has 0 aromatic heterocycles. The summed E-state index contributed by atoms with van der Waals surface area (Å²) in [6.45, 7) is 0. The molecule has 0 radical (unpaired) electrons. The van der Waals surface area contributed by atoms with Crippen LogP contribution in [0, 0.1) is 11.3 Å². The van der Waals surface area contributed by atoms with Gasteiger partial charge in [-0.05, 0) is 48.4 Å². The van der Waals surface area contributed by atoms with Gasteiger partial charge in [0.15, 0.2) is 0 Å². The van der Waals surface area contributed by atoms with Crippen LogP contribution in [0.2, 0.25) is 0 Å². The molecule has 5 heteroatoms. The topological polar surface area (TPSA) is 62.1 Å². The Labute approximate surface area is 130 Å².